The molecule has 12 heavy (non-hydrogen) atoms. The molecule has 0 saturated heterocycles. The van der Waals surface area contributed by atoms with Gasteiger partial charge in [-0.2, -0.15) is 0 Å². The Morgan fingerprint density at radius 3 is 1.25 bits per heavy atom. The van der Waals surface area contributed by atoms with Gasteiger partial charge in [-0.05, 0) is 27.7 Å². The average Bonchev–Trinajstić information content (AvgIpc) is 2.10. The third-order valence-electron chi connectivity index (χ3n) is 0.972. The van der Waals surface area contributed by atoms with Crippen LogP contribution in [0, 0.1) is 0 Å². The molecule has 0 heteroatoms. The maximum Gasteiger partial charge on any atom is -0.0401 e. The fourth-order valence-electron chi connectivity index (χ4n) is 0.539. The van der Waals surface area contributed by atoms with E-state index < -0.39 is 0 Å². The number of rotatable bonds is 1. The van der Waals surface area contributed by atoms with Crippen LogP contribution in [0.3, 0.4) is 0 Å². The Morgan fingerprint density at radius 2 is 1.17 bits per heavy atom. The molecule has 0 heterocycles. The normalized spacial score (nSPS) is 8.50. The topological polar surface area (TPSA) is 0 Å². The smallest absolute Gasteiger partial charge is 0.0401 e. The first kappa shape index (κ1) is 17.5. The average molecular weight is 170 g/mol. The third kappa shape index (κ3) is 22.7. The van der Waals surface area contributed by atoms with Crippen molar-refractivity contribution in [3.63, 3.8) is 0 Å². The van der Waals surface area contributed by atoms with E-state index in [9.17, 15) is 0 Å². The lowest BCUT2D eigenvalue weighted by Gasteiger charge is -1.88. The van der Waals surface area contributed by atoms with Crippen molar-refractivity contribution in [3.8, 4) is 0 Å². The van der Waals surface area contributed by atoms with Gasteiger partial charge < -0.3 is 0 Å². The van der Waals surface area contributed by atoms with E-state index in [4.69, 9.17) is 0 Å². The Balaban J connectivity index is -0.000000175. The Labute approximate surface area is 79.4 Å². The predicted molar refractivity (Wildman–Crippen MR) is 61.6 cm³/mol. The summed E-state index contributed by atoms with van der Waals surface area (Å²) in [6, 6.07) is 0. The summed E-state index contributed by atoms with van der Waals surface area (Å²) in [6.07, 6.45) is 4.27. The van der Waals surface area contributed by atoms with Crippen LogP contribution in [0.5, 0.6) is 0 Å². The Morgan fingerprint density at radius 1 is 0.833 bits per heavy atom. The van der Waals surface area contributed by atoms with Gasteiger partial charge in [0.1, 0.15) is 0 Å². The highest BCUT2D eigenvalue weighted by molar-refractivity contribution is 5.18. The Kier molecular flexibility index (Phi) is 24.6. The number of allylic oxidation sites excluding steroid dienone is 4. The highest BCUT2D eigenvalue weighted by Crippen LogP contribution is 1.98. The summed E-state index contributed by atoms with van der Waals surface area (Å²) < 4.78 is 0. The van der Waals surface area contributed by atoms with E-state index in [1.54, 1.807) is 0 Å². The van der Waals surface area contributed by atoms with Crippen molar-refractivity contribution in [1.82, 2.24) is 0 Å². The van der Waals surface area contributed by atoms with E-state index in [0.29, 0.717) is 0 Å². The lowest BCUT2D eigenvalue weighted by Crippen LogP contribution is -1.67. The molecule has 0 bridgehead atoms. The Bertz CT molecular complexity index is 112. The van der Waals surface area contributed by atoms with Gasteiger partial charge >= 0.3 is 0 Å². The first-order chi connectivity index (χ1) is 5.66. The van der Waals surface area contributed by atoms with Gasteiger partial charge in [0.25, 0.3) is 0 Å². The molecule has 0 aliphatic heterocycles. The lowest BCUT2D eigenvalue weighted by atomic mass is 10.2. The van der Waals surface area contributed by atoms with Crippen LogP contribution in [-0.4, -0.2) is 0 Å². The maximum atomic E-state index is 2.17. The molecular formula is C12H26. The fraction of sp³-hybridized carbons (Fsp3) is 0.667. The predicted octanol–water partition coefficient (Wildman–Crippen LogP) is 4.97. The summed E-state index contributed by atoms with van der Waals surface area (Å²) in [5, 5.41) is 0. The lowest BCUT2D eigenvalue weighted by molar-refractivity contribution is 1.34. The minimum Gasteiger partial charge on any atom is -0.0847 e. The van der Waals surface area contributed by atoms with Crippen LogP contribution in [0.15, 0.2) is 23.3 Å². The molecule has 0 amide bonds. The summed E-state index contributed by atoms with van der Waals surface area (Å²) in [6.45, 7) is 16.4. The SMILES string of the molecule is C/C=C(/C)C=C(C)C.CC.CC. The zero-order valence-electron chi connectivity index (χ0n) is 10.2. The van der Waals surface area contributed by atoms with Gasteiger partial charge in [-0.3, -0.25) is 0 Å². The molecule has 0 spiro atoms. The second-order valence-electron chi connectivity index (χ2n) is 2.25. The quantitative estimate of drug-likeness (QED) is 0.487. The van der Waals surface area contributed by atoms with Crippen LogP contribution in [0.2, 0.25) is 0 Å². The van der Waals surface area contributed by atoms with Crippen molar-refractivity contribution >= 4 is 0 Å². The van der Waals surface area contributed by atoms with E-state index in [2.05, 4.69) is 39.8 Å². The minimum atomic E-state index is 1.34. The first-order valence-corrected chi connectivity index (χ1v) is 4.94. The van der Waals surface area contributed by atoms with E-state index >= 15 is 0 Å². The highest BCUT2D eigenvalue weighted by Gasteiger charge is 1.77. The van der Waals surface area contributed by atoms with Gasteiger partial charge in [-0.15, -0.1) is 0 Å². The third-order valence-corrected chi connectivity index (χ3v) is 0.972. The molecule has 0 nitrogen and oxygen atoms in total. The van der Waals surface area contributed by atoms with Gasteiger partial charge in [-0.25, -0.2) is 0 Å². The zero-order valence-corrected chi connectivity index (χ0v) is 10.2. The van der Waals surface area contributed by atoms with Gasteiger partial charge in [0.05, 0.1) is 0 Å². The van der Waals surface area contributed by atoms with Crippen molar-refractivity contribution in [3.05, 3.63) is 23.3 Å². The van der Waals surface area contributed by atoms with Crippen LogP contribution < -0.4 is 0 Å². The van der Waals surface area contributed by atoms with Crippen molar-refractivity contribution in [2.75, 3.05) is 0 Å². The molecule has 0 fully saturated rings. The molecule has 0 aromatic rings. The second-order valence-corrected chi connectivity index (χ2v) is 2.25. The van der Waals surface area contributed by atoms with E-state index in [-0.39, 0.29) is 0 Å². The molecule has 0 rings (SSSR count). The summed E-state index contributed by atoms with van der Waals surface area (Å²) in [5.74, 6) is 0. The molecule has 0 aromatic carbocycles. The molecule has 0 atom stereocenters. The maximum absolute atomic E-state index is 2.17. The zero-order chi connectivity index (χ0) is 10.6. The van der Waals surface area contributed by atoms with E-state index in [0.717, 1.165) is 0 Å². The van der Waals surface area contributed by atoms with Gasteiger partial charge in [0.2, 0.25) is 0 Å². The van der Waals surface area contributed by atoms with Gasteiger partial charge in [0.15, 0.2) is 0 Å². The molecule has 0 unspecified atom stereocenters. The second kappa shape index (κ2) is 16.8. The number of hydrogen-bond donors (Lipinski definition) is 0. The fourth-order valence-corrected chi connectivity index (χ4v) is 0.539. The van der Waals surface area contributed by atoms with Gasteiger partial charge in [-0.1, -0.05) is 51.0 Å². The number of hydrogen-bond acceptors (Lipinski definition) is 0. The highest BCUT2D eigenvalue weighted by atomic mass is 13.8. The van der Waals surface area contributed by atoms with Crippen LogP contribution in [0.4, 0.5) is 0 Å². The van der Waals surface area contributed by atoms with Crippen molar-refractivity contribution in [1.29, 1.82) is 0 Å². The first-order valence-electron chi connectivity index (χ1n) is 4.94. The molecule has 0 N–H and O–H groups in total. The van der Waals surface area contributed by atoms with E-state index in [1.807, 2.05) is 27.7 Å². The van der Waals surface area contributed by atoms with Crippen LogP contribution >= 0.6 is 0 Å². The molecule has 0 saturated carbocycles. The van der Waals surface area contributed by atoms with Gasteiger partial charge in [0, 0.05) is 0 Å². The molecule has 0 radical (unpaired) electrons. The molecule has 0 aliphatic carbocycles. The van der Waals surface area contributed by atoms with Crippen molar-refractivity contribution < 1.29 is 0 Å². The molecule has 74 valence electrons. The summed E-state index contributed by atoms with van der Waals surface area (Å²) in [4.78, 5) is 0. The largest absolute Gasteiger partial charge is 0.0847 e. The van der Waals surface area contributed by atoms with Crippen molar-refractivity contribution in [2.24, 2.45) is 0 Å². The standard InChI is InChI=1S/C8H14.2C2H6/c1-5-8(4)6-7(2)3;2*1-2/h5-6H,1-4H3;2*1-2H3/b8-5-;;. The molecule has 0 aromatic heterocycles. The van der Waals surface area contributed by atoms with Crippen LogP contribution in [0.1, 0.15) is 55.4 Å². The van der Waals surface area contributed by atoms with Crippen molar-refractivity contribution in [2.45, 2.75) is 55.4 Å². The molecular weight excluding hydrogens is 144 g/mol. The summed E-state index contributed by atoms with van der Waals surface area (Å²) >= 11 is 0. The van der Waals surface area contributed by atoms with Crippen LogP contribution in [0.25, 0.3) is 0 Å². The minimum absolute atomic E-state index is 1.34. The summed E-state index contributed by atoms with van der Waals surface area (Å²) in [5.41, 5.74) is 2.70. The monoisotopic (exact) mass is 170 g/mol. The van der Waals surface area contributed by atoms with Crippen LogP contribution in [-0.2, 0) is 0 Å². The van der Waals surface area contributed by atoms with E-state index in [1.165, 1.54) is 11.1 Å². The molecule has 0 aliphatic rings. The Hall–Kier alpha value is -0.520. The summed E-state index contributed by atoms with van der Waals surface area (Å²) in [7, 11) is 0.